The number of benzene rings is 1. The van der Waals surface area contributed by atoms with Crippen molar-refractivity contribution in [2.24, 2.45) is 5.92 Å². The molecule has 0 bridgehead atoms. The number of rotatable bonds is 5. The van der Waals surface area contributed by atoms with Gasteiger partial charge >= 0.3 is 0 Å². The lowest BCUT2D eigenvalue weighted by atomic mass is 10.0. The van der Waals surface area contributed by atoms with Gasteiger partial charge in [-0.05, 0) is 48.6 Å². The lowest BCUT2D eigenvalue weighted by Gasteiger charge is -2.10. The minimum absolute atomic E-state index is 0.0989. The molecule has 1 N–H and O–H groups in total. The molecule has 1 aliphatic heterocycles. The fourth-order valence-electron chi connectivity index (χ4n) is 2.86. The summed E-state index contributed by atoms with van der Waals surface area (Å²) in [6.07, 6.45) is 3.60. The van der Waals surface area contributed by atoms with Crippen LogP contribution in [0.4, 0.5) is 0 Å². The van der Waals surface area contributed by atoms with Crippen LogP contribution in [0.25, 0.3) is 11.1 Å². The van der Waals surface area contributed by atoms with Crippen LogP contribution < -0.4 is 5.32 Å². The Labute approximate surface area is 141 Å². The van der Waals surface area contributed by atoms with Crippen molar-refractivity contribution >= 4 is 5.91 Å². The number of aromatic nitrogens is 1. The number of carbonyl (C=O) groups excluding carboxylic acids is 1. The molecule has 1 atom stereocenters. The average Bonchev–Trinajstić information content (AvgIpc) is 3.15. The second-order valence-corrected chi connectivity index (χ2v) is 5.87. The zero-order valence-corrected chi connectivity index (χ0v) is 13.4. The second-order valence-electron chi connectivity index (χ2n) is 5.87. The Bertz CT molecular complexity index is 761. The molecule has 0 radical (unpaired) electrons. The van der Waals surface area contributed by atoms with E-state index in [0.29, 0.717) is 23.7 Å². The summed E-state index contributed by atoms with van der Waals surface area (Å²) in [7, 11) is 0. The first-order chi connectivity index (χ1) is 11.8. The van der Waals surface area contributed by atoms with Crippen LogP contribution in [-0.2, 0) is 4.74 Å². The van der Waals surface area contributed by atoms with E-state index in [1.807, 2.05) is 18.2 Å². The number of amides is 1. The number of carbonyl (C=O) groups is 1. The van der Waals surface area contributed by atoms with E-state index in [1.54, 1.807) is 24.4 Å². The van der Waals surface area contributed by atoms with Crippen molar-refractivity contribution in [2.45, 2.75) is 12.8 Å². The van der Waals surface area contributed by atoms with Crippen molar-refractivity contribution in [3.63, 3.8) is 0 Å². The lowest BCUT2D eigenvalue weighted by molar-refractivity contribution is 0.0950. The molecule has 2 heterocycles. The molecule has 1 saturated heterocycles. The number of pyridine rings is 1. The third-order valence-electron chi connectivity index (χ3n) is 4.21. The number of nitriles is 1. The van der Waals surface area contributed by atoms with Crippen molar-refractivity contribution in [1.82, 2.24) is 10.3 Å². The van der Waals surface area contributed by atoms with Gasteiger partial charge in [-0.3, -0.25) is 4.79 Å². The van der Waals surface area contributed by atoms with Crippen molar-refractivity contribution < 1.29 is 9.53 Å². The van der Waals surface area contributed by atoms with Crippen LogP contribution in [0.3, 0.4) is 0 Å². The van der Waals surface area contributed by atoms with Gasteiger partial charge < -0.3 is 10.1 Å². The molecule has 0 spiro atoms. The quantitative estimate of drug-likeness (QED) is 0.919. The summed E-state index contributed by atoms with van der Waals surface area (Å²) >= 11 is 0. The Kier molecular flexibility index (Phi) is 5.19. The molecule has 1 aromatic heterocycles. The van der Waals surface area contributed by atoms with E-state index in [1.165, 1.54) is 0 Å². The normalized spacial score (nSPS) is 16.5. The number of hydrogen-bond donors (Lipinski definition) is 1. The summed E-state index contributed by atoms with van der Waals surface area (Å²) in [6.45, 7) is 2.27. The first-order valence-electron chi connectivity index (χ1n) is 8.09. The maximum absolute atomic E-state index is 12.3. The Morgan fingerprint density at radius 3 is 3.08 bits per heavy atom. The van der Waals surface area contributed by atoms with E-state index in [0.717, 1.165) is 37.2 Å². The third kappa shape index (κ3) is 3.79. The second kappa shape index (κ2) is 7.71. The fourth-order valence-corrected chi connectivity index (χ4v) is 2.86. The molecule has 24 heavy (non-hydrogen) atoms. The van der Waals surface area contributed by atoms with Gasteiger partial charge in [0.25, 0.3) is 5.91 Å². The molecule has 1 unspecified atom stereocenters. The topological polar surface area (TPSA) is 75.0 Å². The minimum atomic E-state index is -0.0989. The highest BCUT2D eigenvalue weighted by Gasteiger charge is 2.16. The Hall–Kier alpha value is -2.71. The van der Waals surface area contributed by atoms with Gasteiger partial charge in [0.1, 0.15) is 11.8 Å². The largest absolute Gasteiger partial charge is 0.381 e. The summed E-state index contributed by atoms with van der Waals surface area (Å²) in [5.74, 6) is 0.448. The predicted octanol–water partition coefficient (Wildman–Crippen LogP) is 2.78. The van der Waals surface area contributed by atoms with Crippen LogP contribution in [0.2, 0.25) is 0 Å². The van der Waals surface area contributed by atoms with Crippen molar-refractivity contribution in [3.05, 3.63) is 53.9 Å². The van der Waals surface area contributed by atoms with Gasteiger partial charge in [-0.2, -0.15) is 5.26 Å². The summed E-state index contributed by atoms with van der Waals surface area (Å²) in [4.78, 5) is 16.4. The average molecular weight is 321 g/mol. The highest BCUT2D eigenvalue weighted by Crippen LogP contribution is 2.23. The first kappa shape index (κ1) is 16.2. The van der Waals surface area contributed by atoms with E-state index in [2.05, 4.69) is 16.4 Å². The Balaban J connectivity index is 1.68. The minimum Gasteiger partial charge on any atom is -0.381 e. The number of nitrogens with zero attached hydrogens (tertiary/aromatic N) is 2. The Morgan fingerprint density at radius 2 is 2.29 bits per heavy atom. The van der Waals surface area contributed by atoms with E-state index >= 15 is 0 Å². The zero-order chi connectivity index (χ0) is 16.8. The summed E-state index contributed by atoms with van der Waals surface area (Å²) in [5, 5.41) is 12.1. The smallest absolute Gasteiger partial charge is 0.251 e. The highest BCUT2D eigenvalue weighted by molar-refractivity contribution is 5.95. The highest BCUT2D eigenvalue weighted by atomic mass is 16.5. The van der Waals surface area contributed by atoms with Crippen molar-refractivity contribution in [2.75, 3.05) is 19.8 Å². The van der Waals surface area contributed by atoms with Crippen LogP contribution in [0.15, 0.2) is 42.6 Å². The van der Waals surface area contributed by atoms with Crippen LogP contribution >= 0.6 is 0 Å². The summed E-state index contributed by atoms with van der Waals surface area (Å²) in [5.41, 5.74) is 2.49. The van der Waals surface area contributed by atoms with Crippen molar-refractivity contribution in [3.8, 4) is 17.2 Å². The molecular formula is C19H19N3O2. The third-order valence-corrected chi connectivity index (χ3v) is 4.21. The molecule has 1 fully saturated rings. The SMILES string of the molecule is N#Cc1ncccc1-c1cccc(C(=O)NCCC2CCOC2)c1. The maximum atomic E-state index is 12.3. The fraction of sp³-hybridized carbons (Fsp3) is 0.316. The maximum Gasteiger partial charge on any atom is 0.251 e. The van der Waals surface area contributed by atoms with Crippen LogP contribution in [0.1, 0.15) is 28.9 Å². The van der Waals surface area contributed by atoms with Gasteiger partial charge in [-0.15, -0.1) is 0 Å². The molecule has 5 nitrogen and oxygen atoms in total. The lowest BCUT2D eigenvalue weighted by Crippen LogP contribution is -2.26. The summed E-state index contributed by atoms with van der Waals surface area (Å²) < 4.78 is 5.34. The molecular weight excluding hydrogens is 302 g/mol. The Morgan fingerprint density at radius 1 is 1.38 bits per heavy atom. The monoisotopic (exact) mass is 321 g/mol. The van der Waals surface area contributed by atoms with Gasteiger partial charge in [-0.1, -0.05) is 12.1 Å². The summed E-state index contributed by atoms with van der Waals surface area (Å²) in [6, 6.07) is 13.0. The molecule has 3 rings (SSSR count). The van der Waals surface area contributed by atoms with E-state index in [4.69, 9.17) is 4.74 Å². The predicted molar refractivity (Wildman–Crippen MR) is 90.3 cm³/mol. The van der Waals surface area contributed by atoms with Crippen LogP contribution in [-0.4, -0.2) is 30.6 Å². The molecule has 122 valence electrons. The van der Waals surface area contributed by atoms with E-state index in [-0.39, 0.29) is 5.91 Å². The van der Waals surface area contributed by atoms with Gasteiger partial charge in [0.15, 0.2) is 0 Å². The van der Waals surface area contributed by atoms with E-state index < -0.39 is 0 Å². The molecule has 0 saturated carbocycles. The molecule has 1 aliphatic rings. The van der Waals surface area contributed by atoms with E-state index in [9.17, 15) is 10.1 Å². The molecule has 1 amide bonds. The first-order valence-corrected chi connectivity index (χ1v) is 8.09. The van der Waals surface area contributed by atoms with Crippen LogP contribution in [0.5, 0.6) is 0 Å². The molecule has 2 aromatic rings. The van der Waals surface area contributed by atoms with Gasteiger partial charge in [-0.25, -0.2) is 4.98 Å². The van der Waals surface area contributed by atoms with Gasteiger partial charge in [0.05, 0.1) is 0 Å². The molecule has 0 aliphatic carbocycles. The molecule has 5 heteroatoms. The number of ether oxygens (including phenoxy) is 1. The van der Waals surface area contributed by atoms with Crippen molar-refractivity contribution in [1.29, 1.82) is 5.26 Å². The zero-order valence-electron chi connectivity index (χ0n) is 13.4. The van der Waals surface area contributed by atoms with Crippen LogP contribution in [0, 0.1) is 17.2 Å². The number of hydrogen-bond acceptors (Lipinski definition) is 4. The standard InChI is InChI=1S/C19H19N3O2/c20-12-18-17(5-2-8-21-18)15-3-1-4-16(11-15)19(23)22-9-6-14-7-10-24-13-14/h1-5,8,11,14H,6-7,9-10,13H2,(H,22,23). The van der Waals surface area contributed by atoms with Gasteiger partial charge in [0, 0.05) is 37.1 Å². The number of nitrogens with one attached hydrogen (secondary N) is 1. The van der Waals surface area contributed by atoms with Gasteiger partial charge in [0.2, 0.25) is 0 Å². The molecule has 1 aromatic carbocycles.